The highest BCUT2D eigenvalue weighted by Crippen LogP contribution is 2.22. The van der Waals surface area contributed by atoms with Crippen LogP contribution in [0.25, 0.3) is 5.57 Å². The van der Waals surface area contributed by atoms with Crippen molar-refractivity contribution in [2.45, 2.75) is 13.8 Å². The number of nitrogens with zero attached hydrogens (tertiary/aromatic N) is 2. The second-order valence-electron chi connectivity index (χ2n) is 3.56. The lowest BCUT2D eigenvalue weighted by Crippen LogP contribution is -2.06. The Morgan fingerprint density at radius 2 is 2.18 bits per heavy atom. The molecule has 0 amide bonds. The van der Waals surface area contributed by atoms with E-state index in [0.29, 0.717) is 11.6 Å². The van der Waals surface area contributed by atoms with E-state index < -0.39 is 0 Å². The lowest BCUT2D eigenvalue weighted by atomic mass is 10.0. The quantitative estimate of drug-likeness (QED) is 0.659. The molecule has 0 atom stereocenters. The van der Waals surface area contributed by atoms with Crippen LogP contribution in [-0.2, 0) is 0 Å². The maximum absolute atomic E-state index is 5.97. The summed E-state index contributed by atoms with van der Waals surface area (Å²) in [5.74, 6) is 0.378. The number of nitrogens with two attached hydrogens (primary N) is 1. The van der Waals surface area contributed by atoms with Crippen molar-refractivity contribution in [2.24, 2.45) is 5.73 Å². The molecular weight excluding hydrogens is 234 g/mol. The van der Waals surface area contributed by atoms with Gasteiger partial charge in [-0.3, -0.25) is 0 Å². The highest BCUT2D eigenvalue weighted by atomic mass is 35.5. The van der Waals surface area contributed by atoms with Gasteiger partial charge in [0.2, 0.25) is 0 Å². The molecule has 0 saturated heterocycles. The van der Waals surface area contributed by atoms with Gasteiger partial charge in [-0.2, -0.15) is 0 Å². The van der Waals surface area contributed by atoms with Crippen molar-refractivity contribution in [2.75, 3.05) is 5.88 Å². The SMILES string of the molecule is C=C/C=C(N)\C(=C/CCl)c1ncnc(C)c1C. The minimum Gasteiger partial charge on any atom is -0.398 e. The minimum atomic E-state index is 0.378. The Balaban J connectivity index is 3.34. The summed E-state index contributed by atoms with van der Waals surface area (Å²) >= 11 is 5.75. The maximum atomic E-state index is 5.97. The van der Waals surface area contributed by atoms with E-state index in [9.17, 15) is 0 Å². The van der Waals surface area contributed by atoms with Crippen LogP contribution in [0.3, 0.4) is 0 Å². The number of aryl methyl sites for hydroxylation is 1. The molecule has 4 heteroatoms. The highest BCUT2D eigenvalue weighted by Gasteiger charge is 2.10. The van der Waals surface area contributed by atoms with E-state index in [2.05, 4.69) is 16.5 Å². The summed E-state index contributed by atoms with van der Waals surface area (Å²) in [5, 5.41) is 0. The first kappa shape index (κ1) is 13.5. The Bertz CT molecular complexity index is 476. The number of alkyl halides is 1. The Labute approximate surface area is 107 Å². The van der Waals surface area contributed by atoms with Crippen LogP contribution in [0.15, 0.2) is 36.8 Å². The lowest BCUT2D eigenvalue weighted by Gasteiger charge is -2.11. The first-order valence-electron chi connectivity index (χ1n) is 5.25. The number of hydrogen-bond acceptors (Lipinski definition) is 3. The summed E-state index contributed by atoms with van der Waals surface area (Å²) in [5.41, 5.74) is 10.1. The first-order valence-corrected chi connectivity index (χ1v) is 5.78. The fourth-order valence-corrected chi connectivity index (χ4v) is 1.61. The van der Waals surface area contributed by atoms with Gasteiger partial charge >= 0.3 is 0 Å². The highest BCUT2D eigenvalue weighted by molar-refractivity contribution is 6.19. The summed E-state index contributed by atoms with van der Waals surface area (Å²) in [7, 11) is 0. The molecule has 0 aliphatic rings. The predicted molar refractivity (Wildman–Crippen MR) is 72.7 cm³/mol. The Kier molecular flexibility index (Phi) is 4.91. The van der Waals surface area contributed by atoms with Crippen LogP contribution in [0.5, 0.6) is 0 Å². The lowest BCUT2D eigenvalue weighted by molar-refractivity contribution is 1.04. The Morgan fingerprint density at radius 1 is 1.47 bits per heavy atom. The predicted octanol–water partition coefficient (Wildman–Crippen LogP) is 2.74. The van der Waals surface area contributed by atoms with Crippen LogP contribution in [-0.4, -0.2) is 15.8 Å². The van der Waals surface area contributed by atoms with Crippen LogP contribution in [0.4, 0.5) is 0 Å². The topological polar surface area (TPSA) is 51.8 Å². The van der Waals surface area contributed by atoms with E-state index in [1.165, 1.54) is 6.33 Å². The van der Waals surface area contributed by atoms with Gasteiger partial charge < -0.3 is 5.73 Å². The summed E-state index contributed by atoms with van der Waals surface area (Å²) in [6, 6.07) is 0. The average Bonchev–Trinajstić information content (AvgIpc) is 2.30. The normalized spacial score (nSPS) is 12.6. The molecule has 2 N–H and O–H groups in total. The Morgan fingerprint density at radius 3 is 2.76 bits per heavy atom. The fraction of sp³-hybridized carbons (Fsp3) is 0.231. The molecule has 0 aliphatic heterocycles. The molecule has 17 heavy (non-hydrogen) atoms. The van der Waals surface area contributed by atoms with Gasteiger partial charge in [0.1, 0.15) is 6.33 Å². The van der Waals surface area contributed by atoms with Gasteiger partial charge in [-0.25, -0.2) is 9.97 Å². The van der Waals surface area contributed by atoms with E-state index in [4.69, 9.17) is 17.3 Å². The molecule has 1 rings (SSSR count). The zero-order valence-electron chi connectivity index (χ0n) is 10.1. The molecule has 0 aromatic carbocycles. The smallest absolute Gasteiger partial charge is 0.116 e. The standard InChI is InChI=1S/C13H16ClN3/c1-4-5-12(15)11(6-7-14)13-9(2)10(3)16-8-17-13/h4-6,8H,1,7,15H2,2-3H3/b11-6+,12-5+. The summed E-state index contributed by atoms with van der Waals surface area (Å²) in [6.07, 6.45) is 6.74. The van der Waals surface area contributed by atoms with Gasteiger partial charge in [-0.1, -0.05) is 18.7 Å². The third-order valence-electron chi connectivity index (χ3n) is 2.48. The summed E-state index contributed by atoms with van der Waals surface area (Å²) in [6.45, 7) is 7.53. The molecule has 0 bridgehead atoms. The molecule has 0 saturated carbocycles. The van der Waals surface area contributed by atoms with Crippen molar-refractivity contribution in [1.29, 1.82) is 0 Å². The van der Waals surface area contributed by atoms with Crippen molar-refractivity contribution in [3.05, 3.63) is 53.8 Å². The van der Waals surface area contributed by atoms with Crippen LogP contribution in [0, 0.1) is 13.8 Å². The van der Waals surface area contributed by atoms with Gasteiger partial charge in [0.05, 0.1) is 5.69 Å². The molecule has 0 aliphatic carbocycles. The second kappa shape index (κ2) is 6.21. The molecule has 3 nitrogen and oxygen atoms in total. The minimum absolute atomic E-state index is 0.378. The molecule has 90 valence electrons. The number of halogens is 1. The van der Waals surface area contributed by atoms with E-state index in [0.717, 1.165) is 22.5 Å². The zero-order chi connectivity index (χ0) is 12.8. The van der Waals surface area contributed by atoms with Crippen LogP contribution >= 0.6 is 11.6 Å². The summed E-state index contributed by atoms with van der Waals surface area (Å²) in [4.78, 5) is 8.40. The van der Waals surface area contributed by atoms with Crippen LogP contribution in [0.2, 0.25) is 0 Å². The molecule has 1 aromatic rings. The molecule has 1 aromatic heterocycles. The third kappa shape index (κ3) is 3.17. The fourth-order valence-electron chi connectivity index (χ4n) is 1.45. The van der Waals surface area contributed by atoms with Gasteiger partial charge in [-0.05, 0) is 25.5 Å². The number of allylic oxidation sites excluding steroid dienone is 4. The number of aromatic nitrogens is 2. The van der Waals surface area contributed by atoms with Crippen molar-refractivity contribution in [3.8, 4) is 0 Å². The van der Waals surface area contributed by atoms with Gasteiger partial charge in [0.25, 0.3) is 0 Å². The van der Waals surface area contributed by atoms with Gasteiger partial charge in [0, 0.05) is 22.8 Å². The molecule has 0 fully saturated rings. The van der Waals surface area contributed by atoms with E-state index in [1.807, 2.05) is 19.9 Å². The van der Waals surface area contributed by atoms with Crippen molar-refractivity contribution < 1.29 is 0 Å². The van der Waals surface area contributed by atoms with E-state index >= 15 is 0 Å². The third-order valence-corrected chi connectivity index (χ3v) is 2.64. The molecule has 0 radical (unpaired) electrons. The monoisotopic (exact) mass is 249 g/mol. The second-order valence-corrected chi connectivity index (χ2v) is 3.87. The molecular formula is C13H16ClN3. The number of rotatable bonds is 4. The van der Waals surface area contributed by atoms with Crippen LogP contribution < -0.4 is 5.73 Å². The number of hydrogen-bond donors (Lipinski definition) is 1. The molecule has 1 heterocycles. The van der Waals surface area contributed by atoms with E-state index in [-0.39, 0.29) is 0 Å². The molecule has 0 unspecified atom stereocenters. The van der Waals surface area contributed by atoms with Crippen molar-refractivity contribution in [3.63, 3.8) is 0 Å². The van der Waals surface area contributed by atoms with Crippen molar-refractivity contribution >= 4 is 17.2 Å². The average molecular weight is 250 g/mol. The first-order chi connectivity index (χ1) is 8.11. The largest absolute Gasteiger partial charge is 0.398 e. The van der Waals surface area contributed by atoms with Gasteiger partial charge in [0.15, 0.2) is 0 Å². The summed E-state index contributed by atoms with van der Waals surface area (Å²) < 4.78 is 0. The maximum Gasteiger partial charge on any atom is 0.116 e. The molecule has 0 spiro atoms. The van der Waals surface area contributed by atoms with Gasteiger partial charge in [-0.15, -0.1) is 11.6 Å². The zero-order valence-corrected chi connectivity index (χ0v) is 10.8. The Hall–Kier alpha value is -1.61. The van der Waals surface area contributed by atoms with E-state index in [1.54, 1.807) is 12.2 Å². The van der Waals surface area contributed by atoms with Crippen LogP contribution in [0.1, 0.15) is 17.0 Å². The van der Waals surface area contributed by atoms with Crippen molar-refractivity contribution in [1.82, 2.24) is 9.97 Å².